The Kier molecular flexibility index (Phi) is 5.18. The van der Waals surface area contributed by atoms with E-state index in [-0.39, 0.29) is 11.0 Å². The summed E-state index contributed by atoms with van der Waals surface area (Å²) >= 11 is 0. The summed E-state index contributed by atoms with van der Waals surface area (Å²) in [6.45, 7) is 4.76. The average Bonchev–Trinajstić information content (AvgIpc) is 2.62. The zero-order valence-corrected chi connectivity index (χ0v) is 14.9. The van der Waals surface area contributed by atoms with Gasteiger partial charge in [-0.05, 0) is 31.2 Å². The van der Waals surface area contributed by atoms with E-state index in [9.17, 15) is 0 Å². The molecule has 0 amide bonds. The molecule has 2 nitrogen and oxygen atoms in total. The summed E-state index contributed by atoms with van der Waals surface area (Å²) in [4.78, 5) is 0. The normalized spacial score (nSPS) is 23.2. The SMILES string of the molecule is CC(C)(c1ccccc1)C1(N=NC2CCCCC2)CCCCC1. The van der Waals surface area contributed by atoms with E-state index < -0.39 is 0 Å². The maximum Gasteiger partial charge on any atom is 0.0906 e. The first-order valence-corrected chi connectivity index (χ1v) is 9.62. The van der Waals surface area contributed by atoms with Crippen molar-refractivity contribution in [1.82, 2.24) is 0 Å². The van der Waals surface area contributed by atoms with E-state index in [1.807, 2.05) is 0 Å². The van der Waals surface area contributed by atoms with Crippen LogP contribution in [0, 0.1) is 0 Å². The van der Waals surface area contributed by atoms with Crippen LogP contribution in [0.15, 0.2) is 40.6 Å². The number of hydrogen-bond acceptors (Lipinski definition) is 2. The van der Waals surface area contributed by atoms with Crippen molar-refractivity contribution in [2.24, 2.45) is 10.2 Å². The second-order valence-electron chi connectivity index (χ2n) is 8.09. The van der Waals surface area contributed by atoms with Crippen LogP contribution in [0.3, 0.4) is 0 Å². The molecule has 0 saturated heterocycles. The fraction of sp³-hybridized carbons (Fsp3) is 0.714. The van der Waals surface area contributed by atoms with Gasteiger partial charge in [-0.3, -0.25) is 0 Å². The van der Waals surface area contributed by atoms with Crippen molar-refractivity contribution < 1.29 is 0 Å². The lowest BCUT2D eigenvalue weighted by atomic mass is 9.62. The summed E-state index contributed by atoms with van der Waals surface area (Å²) in [6, 6.07) is 11.4. The molecule has 0 unspecified atom stereocenters. The van der Waals surface area contributed by atoms with Gasteiger partial charge in [-0.1, -0.05) is 82.7 Å². The van der Waals surface area contributed by atoms with Gasteiger partial charge in [-0.25, -0.2) is 0 Å². The van der Waals surface area contributed by atoms with E-state index in [1.54, 1.807) is 0 Å². The second kappa shape index (κ2) is 7.15. The molecule has 2 aliphatic carbocycles. The van der Waals surface area contributed by atoms with E-state index in [0.717, 1.165) is 0 Å². The largest absolute Gasteiger partial charge is 0.190 e. The standard InChI is InChI=1S/C21H32N2/c1-20(2,18-12-6-3-7-13-18)21(16-10-5-11-17-21)23-22-19-14-8-4-9-15-19/h3,6-7,12-13,19H,4-5,8-11,14-17H2,1-2H3. The molecule has 0 aromatic heterocycles. The third-order valence-corrected chi connectivity index (χ3v) is 6.33. The predicted octanol–water partition coefficient (Wildman–Crippen LogP) is 6.45. The van der Waals surface area contributed by atoms with Crippen LogP contribution in [0.25, 0.3) is 0 Å². The third kappa shape index (κ3) is 3.51. The molecular formula is C21H32N2. The van der Waals surface area contributed by atoms with E-state index in [1.165, 1.54) is 69.8 Å². The Hall–Kier alpha value is -1.18. The molecule has 0 radical (unpaired) electrons. The molecule has 0 heterocycles. The summed E-state index contributed by atoms with van der Waals surface area (Å²) in [7, 11) is 0. The van der Waals surface area contributed by atoms with Crippen LogP contribution in [0.2, 0.25) is 0 Å². The molecule has 2 aliphatic rings. The number of hydrogen-bond donors (Lipinski definition) is 0. The van der Waals surface area contributed by atoms with Gasteiger partial charge in [0, 0.05) is 5.41 Å². The van der Waals surface area contributed by atoms with Crippen LogP contribution < -0.4 is 0 Å². The van der Waals surface area contributed by atoms with Crippen molar-refractivity contribution in [2.45, 2.75) is 95.1 Å². The Balaban J connectivity index is 1.88. The van der Waals surface area contributed by atoms with Crippen LogP contribution in [0.1, 0.15) is 83.6 Å². The summed E-state index contributed by atoms with van der Waals surface area (Å²) < 4.78 is 0. The molecule has 2 fully saturated rings. The highest BCUT2D eigenvalue weighted by atomic mass is 15.2. The van der Waals surface area contributed by atoms with E-state index in [0.29, 0.717) is 6.04 Å². The minimum absolute atomic E-state index is 0.00987. The summed E-state index contributed by atoms with van der Waals surface area (Å²) in [6.07, 6.45) is 12.8. The Morgan fingerprint density at radius 2 is 1.48 bits per heavy atom. The quantitative estimate of drug-likeness (QED) is 0.571. The number of benzene rings is 1. The highest BCUT2D eigenvalue weighted by Crippen LogP contribution is 2.47. The monoisotopic (exact) mass is 312 g/mol. The lowest BCUT2D eigenvalue weighted by Gasteiger charge is -2.46. The maximum atomic E-state index is 5.11. The lowest BCUT2D eigenvalue weighted by Crippen LogP contribution is -2.47. The van der Waals surface area contributed by atoms with Gasteiger partial charge in [-0.2, -0.15) is 10.2 Å². The Morgan fingerprint density at radius 3 is 2.13 bits per heavy atom. The minimum Gasteiger partial charge on any atom is -0.190 e. The van der Waals surface area contributed by atoms with Crippen molar-refractivity contribution in [1.29, 1.82) is 0 Å². The molecule has 0 bridgehead atoms. The minimum atomic E-state index is -0.00987. The van der Waals surface area contributed by atoms with E-state index in [2.05, 4.69) is 44.2 Å². The molecule has 23 heavy (non-hydrogen) atoms. The molecule has 0 aliphatic heterocycles. The average molecular weight is 313 g/mol. The molecule has 0 atom stereocenters. The highest BCUT2D eigenvalue weighted by molar-refractivity contribution is 5.29. The second-order valence-corrected chi connectivity index (χ2v) is 8.09. The van der Waals surface area contributed by atoms with Crippen molar-refractivity contribution in [3.8, 4) is 0 Å². The summed E-state index contributed by atoms with van der Waals surface area (Å²) in [5, 5.41) is 10.0. The first kappa shape index (κ1) is 16.7. The van der Waals surface area contributed by atoms with Gasteiger partial charge >= 0.3 is 0 Å². The Morgan fingerprint density at radius 1 is 0.870 bits per heavy atom. The van der Waals surface area contributed by atoms with Crippen molar-refractivity contribution >= 4 is 0 Å². The molecular weight excluding hydrogens is 280 g/mol. The molecule has 3 rings (SSSR count). The topological polar surface area (TPSA) is 24.7 Å². The number of azo groups is 1. The first-order valence-electron chi connectivity index (χ1n) is 9.62. The molecule has 2 heteroatoms. The Labute approximate surface area is 141 Å². The molecule has 2 saturated carbocycles. The van der Waals surface area contributed by atoms with Gasteiger partial charge in [0.1, 0.15) is 0 Å². The molecule has 1 aromatic rings. The van der Waals surface area contributed by atoms with Crippen LogP contribution >= 0.6 is 0 Å². The van der Waals surface area contributed by atoms with Gasteiger partial charge in [0.05, 0.1) is 11.6 Å². The fourth-order valence-electron chi connectivity index (χ4n) is 4.50. The number of rotatable bonds is 4. The first-order chi connectivity index (χ1) is 11.1. The van der Waals surface area contributed by atoms with Gasteiger partial charge in [0.2, 0.25) is 0 Å². The molecule has 126 valence electrons. The van der Waals surface area contributed by atoms with Gasteiger partial charge < -0.3 is 0 Å². The van der Waals surface area contributed by atoms with E-state index in [4.69, 9.17) is 10.2 Å². The van der Waals surface area contributed by atoms with Crippen LogP contribution in [0.5, 0.6) is 0 Å². The van der Waals surface area contributed by atoms with Crippen LogP contribution in [0.4, 0.5) is 0 Å². The van der Waals surface area contributed by atoms with E-state index >= 15 is 0 Å². The summed E-state index contributed by atoms with van der Waals surface area (Å²) in [5.74, 6) is 0. The smallest absolute Gasteiger partial charge is 0.0906 e. The fourth-order valence-corrected chi connectivity index (χ4v) is 4.50. The van der Waals surface area contributed by atoms with Crippen LogP contribution in [-0.2, 0) is 5.41 Å². The lowest BCUT2D eigenvalue weighted by molar-refractivity contribution is 0.172. The van der Waals surface area contributed by atoms with Crippen molar-refractivity contribution in [3.05, 3.63) is 35.9 Å². The highest BCUT2D eigenvalue weighted by Gasteiger charge is 2.47. The third-order valence-electron chi connectivity index (χ3n) is 6.33. The van der Waals surface area contributed by atoms with Gasteiger partial charge in [0.25, 0.3) is 0 Å². The molecule has 0 spiro atoms. The maximum absolute atomic E-state index is 5.11. The molecule has 1 aromatic carbocycles. The summed E-state index contributed by atoms with van der Waals surface area (Å²) in [5.41, 5.74) is 1.45. The zero-order chi connectivity index (χ0) is 16.2. The van der Waals surface area contributed by atoms with Crippen LogP contribution in [-0.4, -0.2) is 11.6 Å². The number of nitrogens with zero attached hydrogens (tertiary/aromatic N) is 2. The predicted molar refractivity (Wildman–Crippen MR) is 97.0 cm³/mol. The van der Waals surface area contributed by atoms with Gasteiger partial charge in [-0.15, -0.1) is 0 Å². The Bertz CT molecular complexity index is 506. The van der Waals surface area contributed by atoms with Crippen molar-refractivity contribution in [2.75, 3.05) is 0 Å². The van der Waals surface area contributed by atoms with Crippen molar-refractivity contribution in [3.63, 3.8) is 0 Å². The van der Waals surface area contributed by atoms with Gasteiger partial charge in [0.15, 0.2) is 0 Å². The molecule has 0 N–H and O–H groups in total. The zero-order valence-electron chi connectivity index (χ0n) is 14.9.